The number of carbonyl (C=O) groups is 1. The number of nitrogens with zero attached hydrogens (tertiary/aromatic N) is 1. The molecule has 2 N–H and O–H groups in total. The lowest BCUT2D eigenvalue weighted by Gasteiger charge is -2.33. The molecule has 2 aromatic heterocycles. The summed E-state index contributed by atoms with van der Waals surface area (Å²) in [6.45, 7) is -0.0541. The van der Waals surface area contributed by atoms with Gasteiger partial charge in [-0.25, -0.2) is 22.0 Å². The van der Waals surface area contributed by atoms with E-state index in [-0.39, 0.29) is 40.6 Å². The summed E-state index contributed by atoms with van der Waals surface area (Å²) in [6.07, 6.45) is 0. The number of pyridine rings is 1. The summed E-state index contributed by atoms with van der Waals surface area (Å²) >= 11 is 0. The van der Waals surface area contributed by atoms with Crippen molar-refractivity contribution in [3.05, 3.63) is 80.7 Å². The third-order valence-corrected chi connectivity index (χ3v) is 5.82. The van der Waals surface area contributed by atoms with Crippen LogP contribution in [-0.4, -0.2) is 34.4 Å². The Morgan fingerprint density at radius 3 is 2.36 bits per heavy atom. The van der Waals surface area contributed by atoms with Crippen LogP contribution < -0.4 is 5.56 Å². The zero-order valence-corrected chi connectivity index (χ0v) is 16.9. The van der Waals surface area contributed by atoms with Gasteiger partial charge < -0.3 is 19.6 Å². The predicted octanol–water partition coefficient (Wildman–Crippen LogP) is 4.05. The van der Waals surface area contributed by atoms with E-state index in [9.17, 15) is 31.5 Å². The number of hydrogen-bond acceptors (Lipinski definition) is 3. The smallest absolute Gasteiger partial charge is 0.270 e. The Balaban J connectivity index is 1.62. The number of hydrogen-bond donors (Lipinski definition) is 2. The maximum Gasteiger partial charge on any atom is 0.270 e. The van der Waals surface area contributed by atoms with Crippen LogP contribution in [0.1, 0.15) is 27.8 Å². The number of aromatic nitrogens is 2. The van der Waals surface area contributed by atoms with Gasteiger partial charge in [0.1, 0.15) is 5.69 Å². The molecule has 5 rings (SSSR count). The van der Waals surface area contributed by atoms with E-state index in [0.29, 0.717) is 11.3 Å². The molecule has 0 bridgehead atoms. The van der Waals surface area contributed by atoms with Gasteiger partial charge in [0.25, 0.3) is 11.5 Å². The minimum atomic E-state index is -1.66. The molecule has 0 saturated carbocycles. The maximum atomic E-state index is 14.1. The number of H-pyrrole nitrogens is 2. The highest BCUT2D eigenvalue weighted by atomic mass is 19.2. The second-order valence-electron chi connectivity index (χ2n) is 7.74. The van der Waals surface area contributed by atoms with E-state index >= 15 is 0 Å². The summed E-state index contributed by atoms with van der Waals surface area (Å²) in [7, 11) is 1.39. The van der Waals surface area contributed by atoms with Crippen LogP contribution in [0.15, 0.2) is 29.1 Å². The summed E-state index contributed by atoms with van der Waals surface area (Å²) in [5, 5.41) is -0.287. The zero-order valence-electron chi connectivity index (χ0n) is 16.9. The normalized spacial score (nSPS) is 15.8. The molecule has 33 heavy (non-hydrogen) atoms. The second-order valence-corrected chi connectivity index (χ2v) is 7.74. The van der Waals surface area contributed by atoms with Gasteiger partial charge in [0, 0.05) is 29.8 Å². The van der Waals surface area contributed by atoms with Crippen LogP contribution in [0.4, 0.5) is 22.0 Å². The second kappa shape index (κ2) is 7.41. The first kappa shape index (κ1) is 21.1. The van der Waals surface area contributed by atoms with E-state index in [1.807, 2.05) is 0 Å². The first-order valence-electron chi connectivity index (χ1n) is 9.72. The molecule has 0 spiro atoms. The van der Waals surface area contributed by atoms with Gasteiger partial charge in [-0.15, -0.1) is 0 Å². The zero-order chi connectivity index (χ0) is 23.6. The number of benzene rings is 2. The average molecular weight is 463 g/mol. The average Bonchev–Trinajstić information content (AvgIpc) is 3.21. The molecule has 4 aromatic rings. The van der Waals surface area contributed by atoms with Crippen molar-refractivity contribution < 1.29 is 31.5 Å². The molecule has 2 aromatic carbocycles. The number of aromatic amines is 2. The van der Waals surface area contributed by atoms with Gasteiger partial charge in [-0.1, -0.05) is 0 Å². The van der Waals surface area contributed by atoms with Gasteiger partial charge in [0.2, 0.25) is 0 Å². The molecule has 6 nitrogen and oxygen atoms in total. The van der Waals surface area contributed by atoms with Gasteiger partial charge in [0.05, 0.1) is 30.2 Å². The van der Waals surface area contributed by atoms with Crippen LogP contribution >= 0.6 is 0 Å². The van der Waals surface area contributed by atoms with E-state index in [1.165, 1.54) is 11.9 Å². The number of ether oxygens (including phenoxy) is 1. The molecule has 170 valence electrons. The van der Waals surface area contributed by atoms with E-state index < -0.39 is 46.6 Å². The number of fused-ring (bicyclic) bond motifs is 4. The minimum Gasteiger partial charge on any atom is -0.373 e. The van der Waals surface area contributed by atoms with Crippen LogP contribution in [0.2, 0.25) is 0 Å². The lowest BCUT2D eigenvalue weighted by molar-refractivity contribution is 0.0333. The highest BCUT2D eigenvalue weighted by Gasteiger charge is 2.32. The molecular formula is C22H14F5N3O3. The van der Waals surface area contributed by atoms with Gasteiger partial charge in [-0.3, -0.25) is 9.59 Å². The topological polar surface area (TPSA) is 78.2 Å². The summed E-state index contributed by atoms with van der Waals surface area (Å²) < 4.78 is 74.5. The third kappa shape index (κ3) is 3.18. The van der Waals surface area contributed by atoms with Crippen LogP contribution in [0, 0.1) is 29.1 Å². The molecule has 1 amide bonds. The van der Waals surface area contributed by atoms with Gasteiger partial charge in [-0.05, 0) is 23.6 Å². The van der Waals surface area contributed by atoms with Crippen molar-refractivity contribution in [1.82, 2.24) is 14.9 Å². The summed E-state index contributed by atoms with van der Waals surface area (Å²) in [5.74, 6) is -7.54. The van der Waals surface area contributed by atoms with Crippen molar-refractivity contribution in [3.63, 3.8) is 0 Å². The summed E-state index contributed by atoms with van der Waals surface area (Å²) in [5.41, 5.74) is -0.257. The summed E-state index contributed by atoms with van der Waals surface area (Å²) in [6, 6.07) is 2.62. The molecule has 0 radical (unpaired) electrons. The first-order valence-corrected chi connectivity index (χ1v) is 9.72. The third-order valence-electron chi connectivity index (χ3n) is 5.82. The maximum absolute atomic E-state index is 14.1. The molecule has 1 atom stereocenters. The fraction of sp³-hybridized carbons (Fsp3) is 0.182. The van der Waals surface area contributed by atoms with E-state index in [2.05, 4.69) is 9.97 Å². The summed E-state index contributed by atoms with van der Waals surface area (Å²) in [4.78, 5) is 31.8. The molecular weight excluding hydrogens is 449 g/mol. The molecule has 0 aliphatic carbocycles. The number of carbonyl (C=O) groups excluding carboxylic acids is 1. The number of nitrogens with one attached hydrogen (secondary N) is 2. The molecule has 1 unspecified atom stereocenters. The predicted molar refractivity (Wildman–Crippen MR) is 107 cm³/mol. The lowest BCUT2D eigenvalue weighted by atomic mass is 9.95. The van der Waals surface area contributed by atoms with E-state index in [1.54, 1.807) is 0 Å². The van der Waals surface area contributed by atoms with Crippen molar-refractivity contribution >= 4 is 27.6 Å². The molecule has 0 fully saturated rings. The van der Waals surface area contributed by atoms with Crippen LogP contribution in [0.25, 0.3) is 21.7 Å². The van der Waals surface area contributed by atoms with E-state index in [0.717, 1.165) is 24.3 Å². The Bertz CT molecular complexity index is 1530. The Kier molecular flexibility index (Phi) is 4.74. The molecule has 3 heterocycles. The SMILES string of the molecule is CN(C(=O)c1cc2c(F)c(F)c(F)cc2[nH]1)C1COCc2[nH]c(=O)c3cc(F)c(F)cc3c21. The fourth-order valence-electron chi connectivity index (χ4n) is 4.17. The highest BCUT2D eigenvalue weighted by molar-refractivity contribution is 5.98. The molecule has 0 saturated heterocycles. The minimum absolute atomic E-state index is 0.0197. The highest BCUT2D eigenvalue weighted by Crippen LogP contribution is 2.34. The van der Waals surface area contributed by atoms with Crippen molar-refractivity contribution in [2.24, 2.45) is 0 Å². The quantitative estimate of drug-likeness (QED) is 0.348. The number of likely N-dealkylation sites (N-methyl/N-ethyl adjacent to an activating group) is 1. The monoisotopic (exact) mass is 463 g/mol. The molecule has 1 aliphatic rings. The molecule has 1 aliphatic heterocycles. The van der Waals surface area contributed by atoms with E-state index in [4.69, 9.17) is 4.74 Å². The largest absolute Gasteiger partial charge is 0.373 e. The van der Waals surface area contributed by atoms with Gasteiger partial charge in [-0.2, -0.15) is 0 Å². The first-order chi connectivity index (χ1) is 15.7. The van der Waals surface area contributed by atoms with Crippen molar-refractivity contribution in [2.45, 2.75) is 12.6 Å². The Hall–Kier alpha value is -3.73. The van der Waals surface area contributed by atoms with Gasteiger partial charge in [0.15, 0.2) is 29.1 Å². The lowest BCUT2D eigenvalue weighted by Crippen LogP contribution is -2.37. The number of halogens is 5. The standard InChI is InChI=1S/C22H14F5N3O3/c1-30(22(32)15-4-10-14(28-15)5-13(25)20(27)19(10)26)17-7-33-6-16-18(17)8-2-11(23)12(24)3-9(8)21(31)29-16/h2-5,17,28H,6-7H2,1H3,(H,29,31). The number of rotatable bonds is 2. The fourth-order valence-corrected chi connectivity index (χ4v) is 4.17. The Morgan fingerprint density at radius 2 is 1.64 bits per heavy atom. The Labute approximate surface area is 181 Å². The van der Waals surface area contributed by atoms with Crippen LogP contribution in [0.3, 0.4) is 0 Å². The van der Waals surface area contributed by atoms with Crippen molar-refractivity contribution in [3.8, 4) is 0 Å². The molecule has 11 heteroatoms. The Morgan fingerprint density at radius 1 is 0.939 bits per heavy atom. The van der Waals surface area contributed by atoms with Crippen LogP contribution in [-0.2, 0) is 11.3 Å². The van der Waals surface area contributed by atoms with Gasteiger partial charge >= 0.3 is 0 Å². The van der Waals surface area contributed by atoms with Crippen molar-refractivity contribution in [2.75, 3.05) is 13.7 Å². The number of amides is 1. The van der Waals surface area contributed by atoms with Crippen LogP contribution in [0.5, 0.6) is 0 Å². The van der Waals surface area contributed by atoms with Crippen molar-refractivity contribution in [1.29, 1.82) is 0 Å².